The van der Waals surface area contributed by atoms with Crippen LogP contribution in [-0.4, -0.2) is 20.2 Å². The molecular weight excluding hydrogens is 196 g/mol. The number of hydrogen-bond acceptors (Lipinski definition) is 4. The number of benzene rings is 1. The molecule has 0 radical (unpaired) electrons. The van der Waals surface area contributed by atoms with Gasteiger partial charge in [0.25, 0.3) is 6.47 Å². The molecule has 78 valence electrons. The minimum atomic E-state index is 0.157. The highest BCUT2D eigenvalue weighted by Gasteiger charge is 2.05. The molecule has 1 aromatic rings. The van der Waals surface area contributed by atoms with Crippen molar-refractivity contribution in [1.29, 1.82) is 0 Å². The standard InChI is InChI=1S/C11H10O4/c1-3-6-14-10-5-4-9(15-8-12)7-11(10)13-2/h1,4-5,7-8H,6H2,2H3. The highest BCUT2D eigenvalue weighted by Crippen LogP contribution is 2.30. The molecule has 0 saturated heterocycles. The first-order chi connectivity index (χ1) is 7.31. The van der Waals surface area contributed by atoms with Crippen LogP contribution in [0.15, 0.2) is 18.2 Å². The van der Waals surface area contributed by atoms with Crippen molar-refractivity contribution in [1.82, 2.24) is 0 Å². The Hall–Kier alpha value is -2.15. The molecule has 0 saturated carbocycles. The van der Waals surface area contributed by atoms with Crippen LogP contribution in [0.25, 0.3) is 0 Å². The van der Waals surface area contributed by atoms with Crippen molar-refractivity contribution in [2.75, 3.05) is 13.7 Å². The van der Waals surface area contributed by atoms with Gasteiger partial charge in [-0.25, -0.2) is 0 Å². The quantitative estimate of drug-likeness (QED) is 0.537. The molecule has 0 aliphatic carbocycles. The first-order valence-corrected chi connectivity index (χ1v) is 4.16. The Balaban J connectivity index is 2.88. The van der Waals surface area contributed by atoms with Crippen LogP contribution in [0.4, 0.5) is 0 Å². The summed E-state index contributed by atoms with van der Waals surface area (Å²) in [4.78, 5) is 10.1. The van der Waals surface area contributed by atoms with Gasteiger partial charge in [-0.1, -0.05) is 5.92 Å². The van der Waals surface area contributed by atoms with E-state index >= 15 is 0 Å². The van der Waals surface area contributed by atoms with E-state index in [2.05, 4.69) is 10.7 Å². The van der Waals surface area contributed by atoms with Crippen LogP contribution in [0.3, 0.4) is 0 Å². The summed E-state index contributed by atoms with van der Waals surface area (Å²) in [6.45, 7) is 0.501. The normalized spacial score (nSPS) is 8.80. The molecule has 0 atom stereocenters. The van der Waals surface area contributed by atoms with Gasteiger partial charge in [-0.15, -0.1) is 6.42 Å². The molecule has 0 amide bonds. The lowest BCUT2D eigenvalue weighted by molar-refractivity contribution is -0.120. The third-order valence-electron chi connectivity index (χ3n) is 1.63. The van der Waals surface area contributed by atoms with Crippen molar-refractivity contribution < 1.29 is 19.0 Å². The highest BCUT2D eigenvalue weighted by molar-refractivity contribution is 5.51. The summed E-state index contributed by atoms with van der Waals surface area (Å²) < 4.78 is 14.9. The average Bonchev–Trinajstić information content (AvgIpc) is 2.27. The van der Waals surface area contributed by atoms with Gasteiger partial charge in [-0.2, -0.15) is 0 Å². The van der Waals surface area contributed by atoms with E-state index in [1.54, 1.807) is 18.2 Å². The number of rotatable bonds is 5. The molecule has 0 heterocycles. The van der Waals surface area contributed by atoms with Gasteiger partial charge < -0.3 is 14.2 Å². The van der Waals surface area contributed by atoms with Crippen LogP contribution in [0.1, 0.15) is 0 Å². The lowest BCUT2D eigenvalue weighted by Crippen LogP contribution is -1.97. The molecule has 0 bridgehead atoms. The van der Waals surface area contributed by atoms with E-state index in [9.17, 15) is 4.79 Å². The van der Waals surface area contributed by atoms with E-state index in [-0.39, 0.29) is 6.61 Å². The van der Waals surface area contributed by atoms with Gasteiger partial charge in [0, 0.05) is 6.07 Å². The Morgan fingerprint density at radius 2 is 2.27 bits per heavy atom. The molecule has 0 unspecified atom stereocenters. The highest BCUT2D eigenvalue weighted by atomic mass is 16.5. The summed E-state index contributed by atoms with van der Waals surface area (Å²) >= 11 is 0. The van der Waals surface area contributed by atoms with Gasteiger partial charge in [0.2, 0.25) is 0 Å². The predicted molar refractivity (Wildman–Crippen MR) is 54.0 cm³/mol. The van der Waals surface area contributed by atoms with Gasteiger partial charge >= 0.3 is 0 Å². The Kier molecular flexibility index (Phi) is 4.05. The fraction of sp³-hybridized carbons (Fsp3) is 0.182. The molecule has 0 aliphatic heterocycles. The van der Waals surface area contributed by atoms with E-state index in [1.807, 2.05) is 0 Å². The molecule has 1 rings (SSSR count). The van der Waals surface area contributed by atoms with Gasteiger partial charge in [-0.3, -0.25) is 4.79 Å². The summed E-state index contributed by atoms with van der Waals surface area (Å²) in [6.07, 6.45) is 5.06. The lowest BCUT2D eigenvalue weighted by atomic mass is 10.3. The third kappa shape index (κ3) is 2.92. The maximum absolute atomic E-state index is 10.1. The summed E-state index contributed by atoms with van der Waals surface area (Å²) in [5.41, 5.74) is 0. The molecule has 0 aliphatic rings. The fourth-order valence-corrected chi connectivity index (χ4v) is 1.02. The SMILES string of the molecule is C#CCOc1ccc(OC=O)cc1OC. The summed E-state index contributed by atoms with van der Waals surface area (Å²) in [6, 6.07) is 4.75. The maximum Gasteiger partial charge on any atom is 0.298 e. The average molecular weight is 206 g/mol. The van der Waals surface area contributed by atoms with E-state index < -0.39 is 0 Å². The Bertz CT molecular complexity index is 379. The minimum absolute atomic E-state index is 0.157. The van der Waals surface area contributed by atoms with E-state index in [4.69, 9.17) is 15.9 Å². The van der Waals surface area contributed by atoms with Crippen LogP contribution in [0.2, 0.25) is 0 Å². The zero-order valence-electron chi connectivity index (χ0n) is 8.23. The van der Waals surface area contributed by atoms with Crippen molar-refractivity contribution >= 4 is 6.47 Å². The smallest absolute Gasteiger partial charge is 0.298 e. The molecular formula is C11H10O4. The van der Waals surface area contributed by atoms with Crippen molar-refractivity contribution in [3.8, 4) is 29.6 Å². The number of carbonyl (C=O) groups is 1. The van der Waals surface area contributed by atoms with E-state index in [0.717, 1.165) is 0 Å². The minimum Gasteiger partial charge on any atom is -0.493 e. The van der Waals surface area contributed by atoms with Gasteiger partial charge in [-0.05, 0) is 12.1 Å². The first-order valence-electron chi connectivity index (χ1n) is 4.16. The van der Waals surface area contributed by atoms with Crippen LogP contribution in [-0.2, 0) is 4.79 Å². The van der Waals surface area contributed by atoms with E-state index in [1.165, 1.54) is 7.11 Å². The molecule has 0 fully saturated rings. The summed E-state index contributed by atoms with van der Waals surface area (Å²) in [7, 11) is 1.49. The van der Waals surface area contributed by atoms with Crippen LogP contribution in [0.5, 0.6) is 17.2 Å². The number of hydrogen-bond donors (Lipinski definition) is 0. The number of ether oxygens (including phenoxy) is 3. The second-order valence-corrected chi connectivity index (χ2v) is 2.52. The second kappa shape index (κ2) is 5.55. The largest absolute Gasteiger partial charge is 0.493 e. The van der Waals surface area contributed by atoms with Crippen molar-refractivity contribution in [2.45, 2.75) is 0 Å². The van der Waals surface area contributed by atoms with Crippen LogP contribution >= 0.6 is 0 Å². The lowest BCUT2D eigenvalue weighted by Gasteiger charge is -2.09. The Labute approximate surface area is 87.8 Å². The molecule has 4 nitrogen and oxygen atoms in total. The zero-order chi connectivity index (χ0) is 11.1. The van der Waals surface area contributed by atoms with Crippen LogP contribution < -0.4 is 14.2 Å². The number of carbonyl (C=O) groups excluding carboxylic acids is 1. The molecule has 15 heavy (non-hydrogen) atoms. The Morgan fingerprint density at radius 1 is 1.47 bits per heavy atom. The van der Waals surface area contributed by atoms with Crippen molar-refractivity contribution in [3.63, 3.8) is 0 Å². The van der Waals surface area contributed by atoms with Gasteiger partial charge in [0.1, 0.15) is 12.4 Å². The molecule has 4 heteroatoms. The second-order valence-electron chi connectivity index (χ2n) is 2.52. The predicted octanol–water partition coefficient (Wildman–Crippen LogP) is 1.24. The van der Waals surface area contributed by atoms with Crippen molar-refractivity contribution in [2.24, 2.45) is 0 Å². The maximum atomic E-state index is 10.1. The van der Waals surface area contributed by atoms with Crippen molar-refractivity contribution in [3.05, 3.63) is 18.2 Å². The van der Waals surface area contributed by atoms with Crippen LogP contribution in [0, 0.1) is 12.3 Å². The third-order valence-corrected chi connectivity index (χ3v) is 1.63. The summed E-state index contributed by atoms with van der Waals surface area (Å²) in [5, 5.41) is 0. The molecule has 0 aromatic heterocycles. The summed E-state index contributed by atoms with van der Waals surface area (Å²) in [5.74, 6) is 3.70. The number of methoxy groups -OCH3 is 1. The molecule has 0 spiro atoms. The first kappa shape index (κ1) is 10.9. The Morgan fingerprint density at radius 3 is 2.87 bits per heavy atom. The fourth-order valence-electron chi connectivity index (χ4n) is 1.02. The molecule has 0 N–H and O–H groups in total. The molecule has 1 aromatic carbocycles. The van der Waals surface area contributed by atoms with Gasteiger partial charge in [0.15, 0.2) is 11.5 Å². The topological polar surface area (TPSA) is 44.8 Å². The van der Waals surface area contributed by atoms with E-state index in [0.29, 0.717) is 23.7 Å². The number of terminal acetylenes is 1. The zero-order valence-corrected chi connectivity index (χ0v) is 8.23. The monoisotopic (exact) mass is 206 g/mol. The van der Waals surface area contributed by atoms with Gasteiger partial charge in [0.05, 0.1) is 7.11 Å².